The summed E-state index contributed by atoms with van der Waals surface area (Å²) >= 11 is 0. The van der Waals surface area contributed by atoms with Gasteiger partial charge in [0.05, 0.1) is 25.1 Å². The summed E-state index contributed by atoms with van der Waals surface area (Å²) in [6, 6.07) is 0. The summed E-state index contributed by atoms with van der Waals surface area (Å²) in [5.74, 6) is 1.51. The van der Waals surface area contributed by atoms with Crippen molar-refractivity contribution in [3.8, 4) is 0 Å². The quantitative estimate of drug-likeness (QED) is 0.694. The van der Waals surface area contributed by atoms with E-state index < -0.39 is 0 Å². The highest BCUT2D eigenvalue weighted by molar-refractivity contribution is 5.40. The molecule has 0 spiro atoms. The van der Waals surface area contributed by atoms with Gasteiger partial charge in [-0.2, -0.15) is 0 Å². The third-order valence-corrected chi connectivity index (χ3v) is 1.75. The average Bonchev–Trinajstić information content (AvgIpc) is 2.24. The Labute approximate surface area is 90.3 Å². The summed E-state index contributed by atoms with van der Waals surface area (Å²) in [5.41, 5.74) is 0. The number of aromatic nitrogens is 2. The predicted octanol–water partition coefficient (Wildman–Crippen LogP) is 1.36. The molecule has 0 unspecified atom stereocenters. The molecule has 1 heterocycles. The zero-order valence-corrected chi connectivity index (χ0v) is 9.45. The number of rotatable bonds is 6. The van der Waals surface area contributed by atoms with E-state index in [-0.39, 0.29) is 6.10 Å². The Kier molecular flexibility index (Phi) is 4.83. The van der Waals surface area contributed by atoms with Crippen molar-refractivity contribution in [1.29, 1.82) is 0 Å². The van der Waals surface area contributed by atoms with Crippen molar-refractivity contribution in [1.82, 2.24) is 9.97 Å². The van der Waals surface area contributed by atoms with Gasteiger partial charge in [-0.05, 0) is 13.8 Å². The van der Waals surface area contributed by atoms with Gasteiger partial charge >= 0.3 is 0 Å². The maximum atomic E-state index is 5.39. The standard InChI is InChI=1S/C10H18N4O/c1-8(2)15-5-4-13-10-7-12-6-9(11-3)14-10/h6-8H,4-5H2,1-3H3,(H2,11,13,14). The van der Waals surface area contributed by atoms with E-state index in [0.29, 0.717) is 6.61 Å². The smallest absolute Gasteiger partial charge is 0.147 e. The molecule has 0 amide bonds. The van der Waals surface area contributed by atoms with E-state index in [1.54, 1.807) is 12.4 Å². The molecule has 0 saturated heterocycles. The first-order valence-corrected chi connectivity index (χ1v) is 5.07. The van der Waals surface area contributed by atoms with Gasteiger partial charge in [0.2, 0.25) is 0 Å². The van der Waals surface area contributed by atoms with Crippen molar-refractivity contribution in [2.24, 2.45) is 0 Å². The van der Waals surface area contributed by atoms with E-state index in [0.717, 1.165) is 18.2 Å². The van der Waals surface area contributed by atoms with Crippen LogP contribution < -0.4 is 10.6 Å². The van der Waals surface area contributed by atoms with Crippen LogP contribution in [0.25, 0.3) is 0 Å². The second kappa shape index (κ2) is 6.19. The van der Waals surface area contributed by atoms with Gasteiger partial charge in [-0.1, -0.05) is 0 Å². The van der Waals surface area contributed by atoms with Gasteiger partial charge in [0.25, 0.3) is 0 Å². The zero-order valence-electron chi connectivity index (χ0n) is 9.45. The molecule has 0 aromatic carbocycles. The Balaban J connectivity index is 2.30. The highest BCUT2D eigenvalue weighted by Gasteiger charge is 1.97. The topological polar surface area (TPSA) is 59.1 Å². The van der Waals surface area contributed by atoms with E-state index in [1.165, 1.54) is 0 Å². The fourth-order valence-corrected chi connectivity index (χ4v) is 1.05. The van der Waals surface area contributed by atoms with Crippen molar-refractivity contribution in [3.05, 3.63) is 12.4 Å². The first-order valence-electron chi connectivity index (χ1n) is 5.07. The molecule has 0 fully saturated rings. The van der Waals surface area contributed by atoms with Crippen LogP contribution in [-0.4, -0.2) is 36.3 Å². The lowest BCUT2D eigenvalue weighted by Crippen LogP contribution is -2.14. The minimum Gasteiger partial charge on any atom is -0.377 e. The Hall–Kier alpha value is -1.36. The number of nitrogens with one attached hydrogen (secondary N) is 2. The zero-order chi connectivity index (χ0) is 11.1. The Morgan fingerprint density at radius 3 is 2.73 bits per heavy atom. The van der Waals surface area contributed by atoms with Crippen LogP contribution in [-0.2, 0) is 4.74 Å². The number of nitrogens with zero attached hydrogens (tertiary/aromatic N) is 2. The lowest BCUT2D eigenvalue weighted by Gasteiger charge is -2.09. The molecule has 0 aliphatic rings. The Morgan fingerprint density at radius 1 is 1.33 bits per heavy atom. The number of ether oxygens (including phenoxy) is 1. The number of hydrogen-bond acceptors (Lipinski definition) is 5. The molecule has 1 rings (SSSR count). The minimum atomic E-state index is 0.265. The van der Waals surface area contributed by atoms with Crippen LogP contribution >= 0.6 is 0 Å². The minimum absolute atomic E-state index is 0.265. The van der Waals surface area contributed by atoms with Crippen molar-refractivity contribution in [2.45, 2.75) is 20.0 Å². The average molecular weight is 210 g/mol. The monoisotopic (exact) mass is 210 g/mol. The third kappa shape index (κ3) is 4.60. The Morgan fingerprint density at radius 2 is 2.07 bits per heavy atom. The fraction of sp³-hybridized carbons (Fsp3) is 0.600. The summed E-state index contributed by atoms with van der Waals surface area (Å²) < 4.78 is 5.39. The summed E-state index contributed by atoms with van der Waals surface area (Å²) in [5, 5.41) is 6.07. The third-order valence-electron chi connectivity index (χ3n) is 1.75. The molecule has 84 valence electrons. The van der Waals surface area contributed by atoms with E-state index in [1.807, 2.05) is 20.9 Å². The molecule has 15 heavy (non-hydrogen) atoms. The van der Waals surface area contributed by atoms with E-state index >= 15 is 0 Å². The summed E-state index contributed by atoms with van der Waals surface area (Å²) in [7, 11) is 1.82. The molecule has 0 atom stereocenters. The highest BCUT2D eigenvalue weighted by atomic mass is 16.5. The predicted molar refractivity (Wildman–Crippen MR) is 61.2 cm³/mol. The van der Waals surface area contributed by atoms with Gasteiger partial charge in [-0.3, -0.25) is 4.98 Å². The largest absolute Gasteiger partial charge is 0.377 e. The van der Waals surface area contributed by atoms with Crippen molar-refractivity contribution >= 4 is 11.6 Å². The molecule has 1 aromatic rings. The second-order valence-electron chi connectivity index (χ2n) is 3.39. The van der Waals surface area contributed by atoms with Crippen LogP contribution in [0.1, 0.15) is 13.8 Å². The summed E-state index contributed by atoms with van der Waals surface area (Å²) in [4.78, 5) is 8.31. The van der Waals surface area contributed by atoms with Crippen molar-refractivity contribution in [2.75, 3.05) is 30.8 Å². The van der Waals surface area contributed by atoms with Gasteiger partial charge in [0.15, 0.2) is 0 Å². The molecule has 0 aliphatic carbocycles. The normalized spacial score (nSPS) is 10.4. The van der Waals surface area contributed by atoms with Gasteiger partial charge in [-0.25, -0.2) is 4.98 Å². The molecular weight excluding hydrogens is 192 g/mol. The van der Waals surface area contributed by atoms with E-state index in [2.05, 4.69) is 20.6 Å². The van der Waals surface area contributed by atoms with Crippen LogP contribution in [0.5, 0.6) is 0 Å². The highest BCUT2D eigenvalue weighted by Crippen LogP contribution is 2.04. The van der Waals surface area contributed by atoms with Gasteiger partial charge < -0.3 is 15.4 Å². The van der Waals surface area contributed by atoms with Crippen LogP contribution in [0.4, 0.5) is 11.6 Å². The Bertz CT molecular complexity index is 291. The molecule has 0 saturated carbocycles. The van der Waals surface area contributed by atoms with Crippen LogP contribution in [0.3, 0.4) is 0 Å². The van der Waals surface area contributed by atoms with Crippen LogP contribution in [0.2, 0.25) is 0 Å². The summed E-state index contributed by atoms with van der Waals surface area (Å²) in [6.45, 7) is 5.44. The van der Waals surface area contributed by atoms with Gasteiger partial charge in [0.1, 0.15) is 11.6 Å². The molecule has 0 radical (unpaired) electrons. The number of anilines is 2. The maximum Gasteiger partial charge on any atom is 0.147 e. The van der Waals surface area contributed by atoms with E-state index in [9.17, 15) is 0 Å². The molecule has 5 nitrogen and oxygen atoms in total. The van der Waals surface area contributed by atoms with Crippen LogP contribution in [0.15, 0.2) is 12.4 Å². The molecule has 0 bridgehead atoms. The van der Waals surface area contributed by atoms with E-state index in [4.69, 9.17) is 4.74 Å². The lowest BCUT2D eigenvalue weighted by atomic mass is 10.5. The second-order valence-corrected chi connectivity index (χ2v) is 3.39. The number of hydrogen-bond donors (Lipinski definition) is 2. The fourth-order valence-electron chi connectivity index (χ4n) is 1.05. The molecule has 0 aliphatic heterocycles. The maximum absolute atomic E-state index is 5.39. The summed E-state index contributed by atoms with van der Waals surface area (Å²) in [6.07, 6.45) is 3.63. The van der Waals surface area contributed by atoms with Gasteiger partial charge in [0, 0.05) is 13.6 Å². The van der Waals surface area contributed by atoms with Crippen molar-refractivity contribution < 1.29 is 4.74 Å². The first-order chi connectivity index (χ1) is 7.22. The molecule has 5 heteroatoms. The molecular formula is C10H18N4O. The molecule has 1 aromatic heterocycles. The van der Waals surface area contributed by atoms with Crippen molar-refractivity contribution in [3.63, 3.8) is 0 Å². The molecule has 2 N–H and O–H groups in total. The first kappa shape index (κ1) is 11.7. The lowest BCUT2D eigenvalue weighted by molar-refractivity contribution is 0.0870. The van der Waals surface area contributed by atoms with Crippen LogP contribution in [0, 0.1) is 0 Å². The van der Waals surface area contributed by atoms with Gasteiger partial charge in [-0.15, -0.1) is 0 Å². The SMILES string of the molecule is CNc1cncc(NCCOC(C)C)n1.